The van der Waals surface area contributed by atoms with Crippen LogP contribution in [0.3, 0.4) is 0 Å². The van der Waals surface area contributed by atoms with E-state index in [0.29, 0.717) is 18.5 Å². The second-order valence-electron chi connectivity index (χ2n) is 4.41. The molecule has 1 aliphatic rings. The number of hydrogen-bond acceptors (Lipinski definition) is 4. The monoisotopic (exact) mass is 248 g/mol. The van der Waals surface area contributed by atoms with Crippen LogP contribution >= 0.6 is 0 Å². The van der Waals surface area contributed by atoms with E-state index in [-0.39, 0.29) is 0 Å². The Kier molecular flexibility index (Phi) is 3.10. The van der Waals surface area contributed by atoms with Crippen molar-refractivity contribution >= 4 is 23.2 Å². The third-order valence-electron chi connectivity index (χ3n) is 3.23. The summed E-state index contributed by atoms with van der Waals surface area (Å²) < 4.78 is 0. The van der Waals surface area contributed by atoms with Crippen molar-refractivity contribution in [3.63, 3.8) is 0 Å². The summed E-state index contributed by atoms with van der Waals surface area (Å²) in [5, 5.41) is 0. The fraction of sp³-hybridized carbons (Fsp3) is 0.333. The maximum atomic E-state index is 11.4. The molecule has 0 aliphatic carbocycles. The van der Waals surface area contributed by atoms with Gasteiger partial charge in [-0.2, -0.15) is 0 Å². The summed E-state index contributed by atoms with van der Waals surface area (Å²) in [7, 11) is 0. The lowest BCUT2D eigenvalue weighted by Gasteiger charge is -2.29. The molecule has 6 nitrogen and oxygen atoms in total. The van der Waals surface area contributed by atoms with E-state index >= 15 is 0 Å². The maximum absolute atomic E-state index is 11.4. The minimum absolute atomic E-state index is 0.449. The Balaban J connectivity index is 2.37. The molecule has 6 N–H and O–H groups in total. The van der Waals surface area contributed by atoms with Crippen molar-refractivity contribution in [2.45, 2.75) is 24.9 Å². The molecule has 1 aliphatic heterocycles. The van der Waals surface area contributed by atoms with Crippen LogP contribution in [0.2, 0.25) is 0 Å². The molecular weight excluding hydrogens is 232 g/mol. The Bertz CT molecular complexity index is 449. The van der Waals surface area contributed by atoms with Crippen LogP contribution in [0.15, 0.2) is 24.3 Å². The van der Waals surface area contributed by atoms with E-state index in [1.165, 1.54) is 0 Å². The van der Waals surface area contributed by atoms with E-state index in [1.54, 1.807) is 29.2 Å². The Morgan fingerprint density at radius 3 is 1.83 bits per heavy atom. The first-order chi connectivity index (χ1) is 8.50. The first-order valence-electron chi connectivity index (χ1n) is 5.73. The maximum Gasteiger partial charge on any atom is 0.240 e. The number of hydrogen-bond donors (Lipinski definition) is 3. The highest BCUT2D eigenvalue weighted by Gasteiger charge is 2.39. The lowest BCUT2D eigenvalue weighted by molar-refractivity contribution is -0.119. The first-order valence-corrected chi connectivity index (χ1v) is 5.73. The number of anilines is 2. The van der Waals surface area contributed by atoms with Crippen LogP contribution in [-0.4, -0.2) is 23.9 Å². The number of carbonyl (C=O) groups excluding carboxylic acids is 2. The molecule has 96 valence electrons. The SMILES string of the molecule is NC(=O)C1CCC(C(N)=O)N1c1ccc(N)cc1. The zero-order chi connectivity index (χ0) is 13.3. The summed E-state index contributed by atoms with van der Waals surface area (Å²) >= 11 is 0. The standard InChI is InChI=1S/C12H16N4O2/c13-7-1-3-8(4-2-7)16-9(11(14)17)5-6-10(16)12(15)18/h1-4,9-10H,5-6,13H2,(H2,14,17)(H2,15,18). The largest absolute Gasteiger partial charge is 0.399 e. The van der Waals surface area contributed by atoms with Gasteiger partial charge in [-0.3, -0.25) is 9.59 Å². The molecule has 2 unspecified atom stereocenters. The minimum Gasteiger partial charge on any atom is -0.399 e. The molecule has 1 aromatic rings. The van der Waals surface area contributed by atoms with Crippen molar-refractivity contribution in [1.29, 1.82) is 0 Å². The summed E-state index contributed by atoms with van der Waals surface area (Å²) in [6, 6.07) is 5.95. The third kappa shape index (κ3) is 2.09. The fourth-order valence-electron chi connectivity index (χ4n) is 2.38. The predicted molar refractivity (Wildman–Crippen MR) is 68.5 cm³/mol. The molecule has 0 bridgehead atoms. The van der Waals surface area contributed by atoms with Crippen LogP contribution in [0.4, 0.5) is 11.4 Å². The van der Waals surface area contributed by atoms with Gasteiger partial charge in [0.05, 0.1) is 0 Å². The molecular formula is C12H16N4O2. The Morgan fingerprint density at radius 2 is 1.44 bits per heavy atom. The summed E-state index contributed by atoms with van der Waals surface area (Å²) in [4.78, 5) is 24.5. The van der Waals surface area contributed by atoms with Crippen molar-refractivity contribution in [3.8, 4) is 0 Å². The van der Waals surface area contributed by atoms with Gasteiger partial charge < -0.3 is 22.1 Å². The Morgan fingerprint density at radius 1 is 1.00 bits per heavy atom. The molecule has 1 saturated heterocycles. The first kappa shape index (κ1) is 12.2. The highest BCUT2D eigenvalue weighted by Crippen LogP contribution is 2.30. The van der Waals surface area contributed by atoms with Gasteiger partial charge in [0.15, 0.2) is 0 Å². The number of carbonyl (C=O) groups is 2. The van der Waals surface area contributed by atoms with E-state index in [9.17, 15) is 9.59 Å². The number of amides is 2. The van der Waals surface area contributed by atoms with Crippen LogP contribution < -0.4 is 22.1 Å². The second-order valence-corrected chi connectivity index (χ2v) is 4.41. The zero-order valence-electron chi connectivity index (χ0n) is 9.87. The van der Waals surface area contributed by atoms with Crippen LogP contribution in [0, 0.1) is 0 Å². The molecule has 1 fully saturated rings. The average molecular weight is 248 g/mol. The molecule has 1 aromatic carbocycles. The van der Waals surface area contributed by atoms with E-state index in [2.05, 4.69) is 0 Å². The van der Waals surface area contributed by atoms with Crippen LogP contribution in [-0.2, 0) is 9.59 Å². The van der Waals surface area contributed by atoms with Gasteiger partial charge in [0.1, 0.15) is 12.1 Å². The highest BCUT2D eigenvalue weighted by molar-refractivity contribution is 5.91. The molecule has 18 heavy (non-hydrogen) atoms. The molecule has 0 saturated carbocycles. The van der Waals surface area contributed by atoms with Gasteiger partial charge in [-0.1, -0.05) is 0 Å². The van der Waals surface area contributed by atoms with Crippen LogP contribution in [0.25, 0.3) is 0 Å². The van der Waals surface area contributed by atoms with Gasteiger partial charge in [-0.15, -0.1) is 0 Å². The number of primary amides is 2. The molecule has 6 heteroatoms. The molecule has 1 heterocycles. The Labute approximate surface area is 105 Å². The van der Waals surface area contributed by atoms with Gasteiger partial charge in [0.2, 0.25) is 11.8 Å². The van der Waals surface area contributed by atoms with Crippen LogP contribution in [0.5, 0.6) is 0 Å². The predicted octanol–water partition coefficient (Wildman–Crippen LogP) is -0.423. The number of benzene rings is 1. The quantitative estimate of drug-likeness (QED) is 0.630. The van der Waals surface area contributed by atoms with Gasteiger partial charge in [-0.05, 0) is 37.1 Å². The van der Waals surface area contributed by atoms with Crippen molar-refractivity contribution in [2.75, 3.05) is 10.6 Å². The van der Waals surface area contributed by atoms with Crippen molar-refractivity contribution in [2.24, 2.45) is 11.5 Å². The summed E-state index contributed by atoms with van der Waals surface area (Å²) in [5.74, 6) is -0.897. The third-order valence-corrected chi connectivity index (χ3v) is 3.23. The van der Waals surface area contributed by atoms with E-state index in [4.69, 9.17) is 17.2 Å². The molecule has 0 aromatic heterocycles. The van der Waals surface area contributed by atoms with Crippen molar-refractivity contribution < 1.29 is 9.59 Å². The number of nitrogen functional groups attached to an aromatic ring is 1. The average Bonchev–Trinajstić information content (AvgIpc) is 2.74. The van der Waals surface area contributed by atoms with E-state index < -0.39 is 23.9 Å². The summed E-state index contributed by atoms with van der Waals surface area (Å²) in [6.45, 7) is 0. The van der Waals surface area contributed by atoms with Gasteiger partial charge in [0.25, 0.3) is 0 Å². The van der Waals surface area contributed by atoms with Gasteiger partial charge in [-0.25, -0.2) is 0 Å². The topological polar surface area (TPSA) is 115 Å². The lowest BCUT2D eigenvalue weighted by Crippen LogP contribution is -2.48. The lowest BCUT2D eigenvalue weighted by atomic mass is 10.2. The number of nitrogens with zero attached hydrogens (tertiary/aromatic N) is 1. The Hall–Kier alpha value is -2.24. The van der Waals surface area contributed by atoms with Gasteiger partial charge >= 0.3 is 0 Å². The fourth-order valence-corrected chi connectivity index (χ4v) is 2.38. The van der Waals surface area contributed by atoms with E-state index in [0.717, 1.165) is 5.69 Å². The minimum atomic E-state index is -0.494. The zero-order valence-corrected chi connectivity index (χ0v) is 9.87. The smallest absolute Gasteiger partial charge is 0.240 e. The summed E-state index contributed by atoms with van der Waals surface area (Å²) in [5.41, 5.74) is 17.7. The van der Waals surface area contributed by atoms with Gasteiger partial charge in [0, 0.05) is 11.4 Å². The van der Waals surface area contributed by atoms with Crippen molar-refractivity contribution in [3.05, 3.63) is 24.3 Å². The normalized spacial score (nSPS) is 23.0. The van der Waals surface area contributed by atoms with E-state index in [1.807, 2.05) is 0 Å². The summed E-state index contributed by atoms with van der Waals surface area (Å²) in [6.07, 6.45) is 1.07. The molecule has 2 atom stereocenters. The number of nitrogens with two attached hydrogens (primary N) is 3. The molecule has 2 rings (SSSR count). The molecule has 2 amide bonds. The van der Waals surface area contributed by atoms with Crippen LogP contribution in [0.1, 0.15) is 12.8 Å². The molecule has 0 spiro atoms. The van der Waals surface area contributed by atoms with Crippen molar-refractivity contribution in [1.82, 2.24) is 0 Å². The molecule has 0 radical (unpaired) electrons. The second kappa shape index (κ2) is 4.56. The number of rotatable bonds is 3. The highest BCUT2D eigenvalue weighted by atomic mass is 16.2.